The number of hydrogen-bond acceptors (Lipinski definition) is 4. The number of hydrogen-bond donors (Lipinski definition) is 1. The van der Waals surface area contributed by atoms with Crippen LogP contribution in [0.4, 0.5) is 5.69 Å². The molecule has 116 valence electrons. The van der Waals surface area contributed by atoms with Gasteiger partial charge in [0.05, 0.1) is 24.1 Å². The Morgan fingerprint density at radius 2 is 1.87 bits per heavy atom. The van der Waals surface area contributed by atoms with E-state index in [1.807, 2.05) is 30.3 Å². The number of nitrogens with zero attached hydrogens (tertiary/aromatic N) is 2. The zero-order valence-corrected chi connectivity index (χ0v) is 12.7. The average molecular weight is 307 g/mol. The van der Waals surface area contributed by atoms with Gasteiger partial charge in [0.2, 0.25) is 0 Å². The number of nitrogens with one attached hydrogen (secondary N) is 1. The largest absolute Gasteiger partial charge is 0.378 e. The Hall–Kier alpha value is -2.66. The Kier molecular flexibility index (Phi) is 3.55. The van der Waals surface area contributed by atoms with Crippen LogP contribution >= 0.6 is 0 Å². The monoisotopic (exact) mass is 307 g/mol. The van der Waals surface area contributed by atoms with Crippen LogP contribution < -0.4 is 10.5 Å². The number of anilines is 1. The number of benzene rings is 2. The molecule has 1 N–H and O–H groups in total. The van der Waals surface area contributed by atoms with Gasteiger partial charge in [-0.2, -0.15) is 0 Å². The minimum Gasteiger partial charge on any atom is -0.378 e. The number of ether oxygens (including phenoxy) is 1. The number of fused-ring (bicyclic) bond motifs is 1. The van der Waals surface area contributed by atoms with Gasteiger partial charge in [-0.1, -0.05) is 24.3 Å². The van der Waals surface area contributed by atoms with Gasteiger partial charge in [0.25, 0.3) is 5.56 Å². The Bertz CT molecular complexity index is 898. The summed E-state index contributed by atoms with van der Waals surface area (Å²) < 4.78 is 5.40. The summed E-state index contributed by atoms with van der Waals surface area (Å²) in [4.78, 5) is 22.0. The van der Waals surface area contributed by atoms with E-state index in [0.29, 0.717) is 16.7 Å². The molecule has 1 aliphatic rings. The standard InChI is InChI=1S/C18H17N3O2/c22-18-15-6-1-2-7-16(15)19-17(20-18)13-4-3-5-14(12-13)21-8-10-23-11-9-21/h1-7,12H,8-11H2,(H,19,20,22). The quantitative estimate of drug-likeness (QED) is 0.790. The number of morpholine rings is 1. The molecular formula is C18H17N3O2. The van der Waals surface area contributed by atoms with Crippen LogP contribution in [0, 0.1) is 0 Å². The zero-order chi connectivity index (χ0) is 15.6. The lowest BCUT2D eigenvalue weighted by Crippen LogP contribution is -2.36. The zero-order valence-electron chi connectivity index (χ0n) is 12.7. The fourth-order valence-corrected chi connectivity index (χ4v) is 2.89. The molecule has 0 saturated carbocycles. The molecule has 2 aromatic carbocycles. The van der Waals surface area contributed by atoms with Crippen LogP contribution in [0.3, 0.4) is 0 Å². The first kappa shape index (κ1) is 14.0. The lowest BCUT2D eigenvalue weighted by Gasteiger charge is -2.29. The molecule has 0 aliphatic carbocycles. The molecule has 1 fully saturated rings. The number of aromatic amines is 1. The predicted molar refractivity (Wildman–Crippen MR) is 90.8 cm³/mol. The minimum absolute atomic E-state index is 0.109. The van der Waals surface area contributed by atoms with E-state index in [1.165, 1.54) is 0 Å². The van der Waals surface area contributed by atoms with E-state index in [1.54, 1.807) is 6.07 Å². The molecule has 0 spiro atoms. The van der Waals surface area contributed by atoms with Crippen molar-refractivity contribution < 1.29 is 4.74 Å². The maximum Gasteiger partial charge on any atom is 0.259 e. The van der Waals surface area contributed by atoms with Crippen LogP contribution in [-0.2, 0) is 4.74 Å². The van der Waals surface area contributed by atoms with Crippen molar-refractivity contribution in [3.63, 3.8) is 0 Å². The number of rotatable bonds is 2. The van der Waals surface area contributed by atoms with Crippen molar-refractivity contribution in [3.05, 3.63) is 58.9 Å². The molecular weight excluding hydrogens is 290 g/mol. The molecule has 3 aromatic rings. The van der Waals surface area contributed by atoms with E-state index in [4.69, 9.17) is 4.74 Å². The molecule has 1 saturated heterocycles. The number of aromatic nitrogens is 2. The smallest absolute Gasteiger partial charge is 0.259 e. The Morgan fingerprint density at radius 3 is 2.74 bits per heavy atom. The summed E-state index contributed by atoms with van der Waals surface area (Å²) in [7, 11) is 0. The SMILES string of the molecule is O=c1[nH]c(-c2cccc(N3CCOCC3)c2)nc2ccccc12. The van der Waals surface area contributed by atoms with E-state index >= 15 is 0 Å². The molecule has 23 heavy (non-hydrogen) atoms. The first-order valence-electron chi connectivity index (χ1n) is 7.73. The highest BCUT2D eigenvalue weighted by Gasteiger charge is 2.12. The maximum atomic E-state index is 12.2. The molecule has 1 aromatic heterocycles. The van der Waals surface area contributed by atoms with Crippen molar-refractivity contribution in [2.24, 2.45) is 0 Å². The Morgan fingerprint density at radius 1 is 1.04 bits per heavy atom. The molecule has 0 bridgehead atoms. The van der Waals surface area contributed by atoms with Crippen LogP contribution in [0.25, 0.3) is 22.3 Å². The van der Waals surface area contributed by atoms with E-state index in [2.05, 4.69) is 27.0 Å². The lowest BCUT2D eigenvalue weighted by molar-refractivity contribution is 0.122. The summed E-state index contributed by atoms with van der Waals surface area (Å²) in [5.41, 5.74) is 2.64. The molecule has 0 amide bonds. The first-order valence-corrected chi connectivity index (χ1v) is 7.73. The molecule has 0 unspecified atom stereocenters. The Balaban J connectivity index is 1.77. The van der Waals surface area contributed by atoms with Crippen molar-refractivity contribution in [1.82, 2.24) is 9.97 Å². The topological polar surface area (TPSA) is 58.2 Å². The van der Waals surface area contributed by atoms with E-state index in [0.717, 1.165) is 37.6 Å². The summed E-state index contributed by atoms with van der Waals surface area (Å²) in [5.74, 6) is 0.601. The summed E-state index contributed by atoms with van der Waals surface area (Å²) in [6, 6.07) is 15.5. The molecule has 5 heteroatoms. The normalized spacial score (nSPS) is 15.0. The highest BCUT2D eigenvalue weighted by atomic mass is 16.5. The fraction of sp³-hybridized carbons (Fsp3) is 0.222. The van der Waals surface area contributed by atoms with Crippen molar-refractivity contribution in [3.8, 4) is 11.4 Å². The van der Waals surface area contributed by atoms with Gasteiger partial charge in [-0.25, -0.2) is 4.98 Å². The van der Waals surface area contributed by atoms with E-state index in [9.17, 15) is 4.79 Å². The van der Waals surface area contributed by atoms with Crippen LogP contribution in [0.1, 0.15) is 0 Å². The second kappa shape index (κ2) is 5.85. The van der Waals surface area contributed by atoms with Crippen LogP contribution in [0.15, 0.2) is 53.3 Å². The number of H-pyrrole nitrogens is 1. The predicted octanol–water partition coefficient (Wildman–Crippen LogP) is 2.43. The lowest BCUT2D eigenvalue weighted by atomic mass is 10.1. The second-order valence-corrected chi connectivity index (χ2v) is 5.58. The van der Waals surface area contributed by atoms with Gasteiger partial charge in [-0.15, -0.1) is 0 Å². The van der Waals surface area contributed by atoms with Gasteiger partial charge in [-0.3, -0.25) is 4.79 Å². The molecule has 0 radical (unpaired) electrons. The van der Waals surface area contributed by atoms with Gasteiger partial charge >= 0.3 is 0 Å². The summed E-state index contributed by atoms with van der Waals surface area (Å²) >= 11 is 0. The fourth-order valence-electron chi connectivity index (χ4n) is 2.89. The van der Waals surface area contributed by atoms with Gasteiger partial charge in [0.15, 0.2) is 0 Å². The van der Waals surface area contributed by atoms with Crippen molar-refractivity contribution in [2.45, 2.75) is 0 Å². The summed E-state index contributed by atoms with van der Waals surface area (Å²) in [5, 5.41) is 0.612. The van der Waals surface area contributed by atoms with Gasteiger partial charge in [0, 0.05) is 24.3 Å². The van der Waals surface area contributed by atoms with Gasteiger partial charge < -0.3 is 14.6 Å². The molecule has 1 aliphatic heterocycles. The van der Waals surface area contributed by atoms with Crippen LogP contribution in [-0.4, -0.2) is 36.3 Å². The van der Waals surface area contributed by atoms with E-state index < -0.39 is 0 Å². The summed E-state index contributed by atoms with van der Waals surface area (Å²) in [6.45, 7) is 3.25. The third-order valence-electron chi connectivity index (χ3n) is 4.11. The highest BCUT2D eigenvalue weighted by molar-refractivity contribution is 5.79. The van der Waals surface area contributed by atoms with Crippen molar-refractivity contribution >= 4 is 16.6 Å². The average Bonchev–Trinajstić information content (AvgIpc) is 2.62. The summed E-state index contributed by atoms with van der Waals surface area (Å²) in [6.07, 6.45) is 0. The van der Waals surface area contributed by atoms with Crippen molar-refractivity contribution in [2.75, 3.05) is 31.2 Å². The third kappa shape index (κ3) is 2.71. The van der Waals surface area contributed by atoms with Crippen LogP contribution in [0.2, 0.25) is 0 Å². The van der Waals surface area contributed by atoms with E-state index in [-0.39, 0.29) is 5.56 Å². The van der Waals surface area contributed by atoms with Gasteiger partial charge in [0.1, 0.15) is 5.82 Å². The first-order chi connectivity index (χ1) is 11.3. The minimum atomic E-state index is -0.109. The highest BCUT2D eigenvalue weighted by Crippen LogP contribution is 2.23. The molecule has 5 nitrogen and oxygen atoms in total. The molecule has 4 rings (SSSR count). The third-order valence-corrected chi connectivity index (χ3v) is 4.11. The maximum absolute atomic E-state index is 12.2. The Labute approximate surface area is 133 Å². The van der Waals surface area contributed by atoms with Crippen molar-refractivity contribution in [1.29, 1.82) is 0 Å². The molecule has 0 atom stereocenters. The van der Waals surface area contributed by atoms with Gasteiger partial charge in [-0.05, 0) is 24.3 Å². The molecule has 2 heterocycles. The number of para-hydroxylation sites is 1. The van der Waals surface area contributed by atoms with Crippen LogP contribution in [0.5, 0.6) is 0 Å². The second-order valence-electron chi connectivity index (χ2n) is 5.58.